The van der Waals surface area contributed by atoms with Gasteiger partial charge in [0.2, 0.25) is 23.6 Å². The third kappa shape index (κ3) is 6.98. The summed E-state index contributed by atoms with van der Waals surface area (Å²) in [5.41, 5.74) is 5.19. The minimum absolute atomic E-state index is 0.0943. The number of carbonyl (C=O) groups excluding carboxylic acids is 1. The molecule has 0 aliphatic heterocycles. The normalized spacial score (nSPS) is 10.7. The minimum Gasteiger partial charge on any atom is -0.490 e. The molecule has 0 saturated heterocycles. The van der Waals surface area contributed by atoms with Crippen molar-refractivity contribution in [3.63, 3.8) is 0 Å². The van der Waals surface area contributed by atoms with Crippen LogP contribution in [-0.4, -0.2) is 33.7 Å². The zero-order valence-corrected chi connectivity index (χ0v) is 21.4. The summed E-state index contributed by atoms with van der Waals surface area (Å²) in [6.07, 6.45) is 2.97. The second-order valence-electron chi connectivity index (χ2n) is 8.16. The Kier molecular flexibility index (Phi) is 8.23. The maximum Gasteiger partial charge on any atom is 0.379 e. The maximum atomic E-state index is 12.3. The van der Waals surface area contributed by atoms with Crippen LogP contribution in [0.4, 0.5) is 29.2 Å². The average Bonchev–Trinajstić information content (AvgIpc) is 3.51. The van der Waals surface area contributed by atoms with E-state index in [2.05, 4.69) is 36.1 Å². The molecule has 0 bridgehead atoms. The van der Waals surface area contributed by atoms with E-state index in [1.807, 2.05) is 67.6 Å². The van der Waals surface area contributed by atoms with Gasteiger partial charge in [-0.1, -0.05) is 36.4 Å². The van der Waals surface area contributed by atoms with Gasteiger partial charge in [0.1, 0.15) is 0 Å². The van der Waals surface area contributed by atoms with Crippen LogP contribution in [0.5, 0.6) is 11.5 Å². The molecule has 2 aromatic heterocycles. The number of para-hydroxylation sites is 2. The van der Waals surface area contributed by atoms with E-state index in [1.54, 1.807) is 30.5 Å². The van der Waals surface area contributed by atoms with E-state index in [-0.39, 0.29) is 17.5 Å². The molecule has 40 heavy (non-hydrogen) atoms. The number of hydrazone groups is 1. The van der Waals surface area contributed by atoms with Crippen molar-refractivity contribution in [2.45, 2.75) is 6.92 Å². The lowest BCUT2D eigenvalue weighted by molar-refractivity contribution is 0.0695. The molecule has 0 spiro atoms. The number of ether oxygens (including phenoxy) is 2. The Morgan fingerprint density at radius 3 is 2.08 bits per heavy atom. The molecule has 0 amide bonds. The van der Waals surface area contributed by atoms with Crippen molar-refractivity contribution in [2.75, 3.05) is 22.7 Å². The zero-order valence-electron chi connectivity index (χ0n) is 21.4. The highest BCUT2D eigenvalue weighted by molar-refractivity contribution is 5.89. The summed E-state index contributed by atoms with van der Waals surface area (Å²) in [6, 6.07) is 27.3. The molecule has 5 rings (SSSR count). The number of carbonyl (C=O) groups is 1. The average molecular weight is 536 g/mol. The highest BCUT2D eigenvalue weighted by Crippen LogP contribution is 2.29. The molecule has 0 unspecified atom stereocenters. The summed E-state index contributed by atoms with van der Waals surface area (Å²) in [6.45, 7) is 2.22. The summed E-state index contributed by atoms with van der Waals surface area (Å²) < 4.78 is 16.2. The van der Waals surface area contributed by atoms with Gasteiger partial charge in [-0.05, 0) is 67.1 Å². The quantitative estimate of drug-likeness (QED) is 0.0797. The fourth-order valence-electron chi connectivity index (χ4n) is 3.51. The number of aromatic nitrogens is 3. The van der Waals surface area contributed by atoms with Crippen LogP contribution in [0.1, 0.15) is 23.0 Å². The first-order valence-corrected chi connectivity index (χ1v) is 12.4. The summed E-state index contributed by atoms with van der Waals surface area (Å²) in [4.78, 5) is 25.6. The first-order valence-electron chi connectivity index (χ1n) is 12.4. The van der Waals surface area contributed by atoms with Gasteiger partial charge in [-0.2, -0.15) is 20.1 Å². The van der Waals surface area contributed by atoms with Gasteiger partial charge in [0.15, 0.2) is 11.5 Å². The van der Waals surface area contributed by atoms with Gasteiger partial charge >= 0.3 is 5.97 Å². The highest BCUT2D eigenvalue weighted by Gasteiger charge is 2.15. The van der Waals surface area contributed by atoms with Crippen molar-refractivity contribution >= 4 is 41.4 Å². The van der Waals surface area contributed by atoms with Crippen LogP contribution in [0.3, 0.4) is 0 Å². The van der Waals surface area contributed by atoms with E-state index in [9.17, 15) is 4.79 Å². The van der Waals surface area contributed by atoms with Crippen LogP contribution in [0, 0.1) is 0 Å². The number of furan rings is 1. The van der Waals surface area contributed by atoms with Crippen LogP contribution >= 0.6 is 0 Å². The topological polar surface area (TPSA) is 136 Å². The fourth-order valence-corrected chi connectivity index (χ4v) is 3.51. The summed E-state index contributed by atoms with van der Waals surface area (Å²) in [5, 5.41) is 10.6. The van der Waals surface area contributed by atoms with Crippen molar-refractivity contribution < 1.29 is 18.7 Å². The lowest BCUT2D eigenvalue weighted by atomic mass is 10.2. The first kappa shape index (κ1) is 25.9. The fraction of sp³-hybridized carbons (Fsp3) is 0.0690. The Morgan fingerprint density at radius 2 is 1.48 bits per heavy atom. The van der Waals surface area contributed by atoms with E-state index in [0.717, 1.165) is 11.4 Å². The molecule has 3 N–H and O–H groups in total. The molecule has 11 nitrogen and oxygen atoms in total. The standard InChI is InChI=1S/C29H25N7O4/c1-2-38-25-18-20(15-16-23(25)40-26(37)24-14-9-17-39-24)19-30-36-29-34-27(31-21-10-5-3-6-11-21)33-28(35-29)32-22-12-7-4-8-13-22/h3-19H,2H2,1H3,(H3,31,32,33,34,35,36). The lowest BCUT2D eigenvalue weighted by Gasteiger charge is -2.11. The third-order valence-electron chi connectivity index (χ3n) is 5.27. The number of benzene rings is 3. The predicted molar refractivity (Wildman–Crippen MR) is 152 cm³/mol. The van der Waals surface area contributed by atoms with Crippen LogP contribution < -0.4 is 25.5 Å². The third-order valence-corrected chi connectivity index (χ3v) is 5.27. The monoisotopic (exact) mass is 535 g/mol. The van der Waals surface area contributed by atoms with E-state index in [1.165, 1.54) is 12.3 Å². The largest absolute Gasteiger partial charge is 0.490 e. The molecule has 0 atom stereocenters. The SMILES string of the molecule is CCOc1cc(C=NNc2nc(Nc3ccccc3)nc(Nc3ccccc3)n2)ccc1OC(=O)c1ccco1. The van der Waals surface area contributed by atoms with Crippen LogP contribution in [0.2, 0.25) is 0 Å². The highest BCUT2D eigenvalue weighted by atomic mass is 16.6. The van der Waals surface area contributed by atoms with Gasteiger partial charge in [-0.3, -0.25) is 0 Å². The van der Waals surface area contributed by atoms with Gasteiger partial charge in [0.25, 0.3) is 0 Å². The van der Waals surface area contributed by atoms with Gasteiger partial charge < -0.3 is 24.5 Å². The Morgan fingerprint density at radius 1 is 0.825 bits per heavy atom. The Hall–Kier alpha value is -5.71. The lowest BCUT2D eigenvalue weighted by Crippen LogP contribution is -2.09. The molecular formula is C29H25N7O4. The minimum atomic E-state index is -0.622. The molecule has 0 saturated carbocycles. The van der Waals surface area contributed by atoms with Crippen molar-refractivity contribution in [3.05, 3.63) is 109 Å². The van der Waals surface area contributed by atoms with E-state index in [4.69, 9.17) is 13.9 Å². The smallest absolute Gasteiger partial charge is 0.379 e. The van der Waals surface area contributed by atoms with Crippen LogP contribution in [0.25, 0.3) is 0 Å². The first-order chi connectivity index (χ1) is 19.7. The summed E-state index contributed by atoms with van der Waals surface area (Å²) in [5.74, 6) is 1.00. The molecular weight excluding hydrogens is 510 g/mol. The molecule has 0 fully saturated rings. The number of hydrogen-bond donors (Lipinski definition) is 3. The molecule has 5 aromatic rings. The molecule has 200 valence electrons. The maximum absolute atomic E-state index is 12.3. The molecule has 0 aliphatic rings. The zero-order chi connectivity index (χ0) is 27.6. The van der Waals surface area contributed by atoms with Gasteiger partial charge in [0.05, 0.1) is 19.1 Å². The second-order valence-corrected chi connectivity index (χ2v) is 8.16. The summed E-state index contributed by atoms with van der Waals surface area (Å²) in [7, 11) is 0. The summed E-state index contributed by atoms with van der Waals surface area (Å²) >= 11 is 0. The number of esters is 1. The number of nitrogens with one attached hydrogen (secondary N) is 3. The second kappa shape index (κ2) is 12.7. The molecule has 3 aromatic carbocycles. The van der Waals surface area contributed by atoms with E-state index >= 15 is 0 Å². The van der Waals surface area contributed by atoms with E-state index < -0.39 is 5.97 Å². The Bertz CT molecular complexity index is 1520. The van der Waals surface area contributed by atoms with Crippen molar-refractivity contribution in [1.82, 2.24) is 15.0 Å². The molecule has 11 heteroatoms. The number of nitrogens with zero attached hydrogens (tertiary/aromatic N) is 4. The van der Waals surface area contributed by atoms with Crippen LogP contribution in [-0.2, 0) is 0 Å². The number of anilines is 5. The van der Waals surface area contributed by atoms with Crippen molar-refractivity contribution in [2.24, 2.45) is 5.10 Å². The van der Waals surface area contributed by atoms with Gasteiger partial charge in [-0.25, -0.2) is 10.2 Å². The van der Waals surface area contributed by atoms with Crippen molar-refractivity contribution in [3.8, 4) is 11.5 Å². The molecule has 0 radical (unpaired) electrons. The molecule has 2 heterocycles. The Labute approximate surface area is 229 Å². The predicted octanol–water partition coefficient (Wildman–Crippen LogP) is 6.02. The van der Waals surface area contributed by atoms with Crippen LogP contribution in [0.15, 0.2) is 107 Å². The van der Waals surface area contributed by atoms with E-state index in [0.29, 0.717) is 29.8 Å². The van der Waals surface area contributed by atoms with Gasteiger partial charge in [0, 0.05) is 11.4 Å². The van der Waals surface area contributed by atoms with Crippen molar-refractivity contribution in [1.29, 1.82) is 0 Å². The Balaban J connectivity index is 1.33. The number of rotatable bonds is 11. The molecule has 0 aliphatic carbocycles. The van der Waals surface area contributed by atoms with Gasteiger partial charge in [-0.15, -0.1) is 0 Å². The number of hydrogen-bond acceptors (Lipinski definition) is 11.